The molecule has 4 heteroatoms. The lowest BCUT2D eigenvalue weighted by molar-refractivity contribution is -0.124. The number of benzene rings is 1. The molecule has 0 fully saturated rings. The number of nitrogens with zero attached hydrogens (tertiary/aromatic N) is 1. The molecule has 1 aliphatic heterocycles. The summed E-state index contributed by atoms with van der Waals surface area (Å²) in [5.41, 5.74) is 2.37. The van der Waals surface area contributed by atoms with Gasteiger partial charge in [0.05, 0.1) is 0 Å². The number of carbonyl (C=O) groups is 2. The molecule has 16 heavy (non-hydrogen) atoms. The molecule has 0 N–H and O–H groups in total. The van der Waals surface area contributed by atoms with Crippen molar-refractivity contribution in [2.45, 2.75) is 25.9 Å². The van der Waals surface area contributed by atoms with Crippen LogP contribution in [-0.4, -0.2) is 23.5 Å². The Hall–Kier alpha value is -1.84. The van der Waals surface area contributed by atoms with E-state index in [9.17, 15) is 9.59 Å². The Morgan fingerprint density at radius 2 is 2.12 bits per heavy atom. The van der Waals surface area contributed by atoms with E-state index in [0.29, 0.717) is 6.54 Å². The first kappa shape index (κ1) is 10.7. The topological polar surface area (TPSA) is 46.6 Å². The first-order valence-corrected chi connectivity index (χ1v) is 5.20. The summed E-state index contributed by atoms with van der Waals surface area (Å²) < 4.78 is 4.37. The molecule has 0 spiro atoms. The molecule has 0 saturated carbocycles. The molecule has 0 saturated heterocycles. The van der Waals surface area contributed by atoms with Crippen LogP contribution in [0.2, 0.25) is 0 Å². The molecule has 0 unspecified atom stereocenters. The highest BCUT2D eigenvalue weighted by Gasteiger charge is 2.27. The molecule has 84 valence electrons. The maximum Gasteiger partial charge on any atom is 0.417 e. The first-order chi connectivity index (χ1) is 7.72. The van der Waals surface area contributed by atoms with E-state index in [1.165, 1.54) is 5.56 Å². The van der Waals surface area contributed by atoms with Gasteiger partial charge in [-0.1, -0.05) is 24.3 Å². The summed E-state index contributed by atoms with van der Waals surface area (Å²) in [7, 11) is 0. The second kappa shape index (κ2) is 4.35. The highest BCUT2D eigenvalue weighted by atomic mass is 16.6. The molecule has 0 radical (unpaired) electrons. The third kappa shape index (κ3) is 1.91. The fourth-order valence-electron chi connectivity index (χ4n) is 2.03. The van der Waals surface area contributed by atoms with Gasteiger partial charge in [-0.05, 0) is 24.5 Å². The van der Waals surface area contributed by atoms with Crippen LogP contribution in [0.1, 0.15) is 18.1 Å². The Bertz CT molecular complexity index is 416. The maximum absolute atomic E-state index is 11.5. The van der Waals surface area contributed by atoms with Crippen molar-refractivity contribution in [1.82, 2.24) is 4.90 Å². The summed E-state index contributed by atoms with van der Waals surface area (Å²) in [6.45, 7) is 2.63. The van der Waals surface area contributed by atoms with Crippen LogP contribution in [0.4, 0.5) is 4.79 Å². The monoisotopic (exact) mass is 219 g/mol. The van der Waals surface area contributed by atoms with Crippen molar-refractivity contribution in [2.24, 2.45) is 0 Å². The van der Waals surface area contributed by atoms with Gasteiger partial charge in [-0.3, -0.25) is 4.79 Å². The lowest BCUT2D eigenvalue weighted by Gasteiger charge is -2.33. The number of fused-ring (bicyclic) bond motifs is 1. The Kier molecular flexibility index (Phi) is 2.90. The smallest absolute Gasteiger partial charge is 0.379 e. The van der Waals surface area contributed by atoms with Crippen LogP contribution in [0.15, 0.2) is 24.3 Å². The van der Waals surface area contributed by atoms with Crippen LogP contribution < -0.4 is 0 Å². The summed E-state index contributed by atoms with van der Waals surface area (Å²) in [6, 6.07) is 8.04. The van der Waals surface area contributed by atoms with Crippen molar-refractivity contribution in [3.05, 3.63) is 35.4 Å². The maximum atomic E-state index is 11.5. The molecule has 0 bridgehead atoms. The van der Waals surface area contributed by atoms with Crippen LogP contribution in [-0.2, 0) is 22.5 Å². The summed E-state index contributed by atoms with van der Waals surface area (Å²) in [4.78, 5) is 23.2. The molecule has 1 amide bonds. The van der Waals surface area contributed by atoms with E-state index in [2.05, 4.69) is 10.8 Å². The summed E-state index contributed by atoms with van der Waals surface area (Å²) >= 11 is 0. The second-order valence-corrected chi connectivity index (χ2v) is 3.93. The number of hydrogen-bond acceptors (Lipinski definition) is 3. The normalized spacial score (nSPS) is 18.8. The average Bonchev–Trinajstić information content (AvgIpc) is 2.28. The van der Waals surface area contributed by atoms with Crippen molar-refractivity contribution >= 4 is 12.6 Å². The molecule has 1 heterocycles. The predicted octanol–water partition coefficient (Wildman–Crippen LogP) is 1.73. The minimum absolute atomic E-state index is 0.0577. The van der Waals surface area contributed by atoms with Gasteiger partial charge in [0.15, 0.2) is 0 Å². The van der Waals surface area contributed by atoms with E-state index in [1.54, 1.807) is 4.90 Å². The Morgan fingerprint density at radius 1 is 1.44 bits per heavy atom. The fraction of sp³-hybridized carbons (Fsp3) is 0.333. The third-order valence-corrected chi connectivity index (χ3v) is 2.89. The van der Waals surface area contributed by atoms with Gasteiger partial charge in [0.25, 0.3) is 0 Å². The van der Waals surface area contributed by atoms with Gasteiger partial charge in [0.2, 0.25) is 0 Å². The zero-order valence-corrected chi connectivity index (χ0v) is 9.05. The van der Waals surface area contributed by atoms with E-state index in [1.807, 2.05) is 25.1 Å². The molecule has 2 rings (SSSR count). The lowest BCUT2D eigenvalue weighted by atomic mass is 9.95. The number of carbonyl (C=O) groups excluding carboxylic acids is 2. The number of hydrogen-bond donors (Lipinski definition) is 0. The molecule has 1 atom stereocenters. The summed E-state index contributed by atoms with van der Waals surface area (Å²) in [5, 5.41) is 0. The standard InChI is InChI=1S/C12H13NO3/c1-9-6-10-4-2-3-5-11(10)7-13(9)12(15)16-8-14/h2-5,8-9H,6-7H2,1H3/t9-/m1/s1. The van der Waals surface area contributed by atoms with E-state index in [0.717, 1.165) is 12.0 Å². The zero-order valence-electron chi connectivity index (χ0n) is 9.05. The quantitative estimate of drug-likeness (QED) is 0.533. The van der Waals surface area contributed by atoms with Crippen molar-refractivity contribution in [2.75, 3.05) is 0 Å². The van der Waals surface area contributed by atoms with Gasteiger partial charge >= 0.3 is 12.6 Å². The Balaban J connectivity index is 2.21. The Labute approximate surface area is 93.8 Å². The summed E-state index contributed by atoms with van der Waals surface area (Å²) in [6.07, 6.45) is 0.224. The zero-order chi connectivity index (χ0) is 11.5. The van der Waals surface area contributed by atoms with Crippen molar-refractivity contribution in [1.29, 1.82) is 0 Å². The van der Waals surface area contributed by atoms with Crippen LogP contribution in [0.5, 0.6) is 0 Å². The minimum atomic E-state index is -0.572. The van der Waals surface area contributed by atoms with Crippen molar-refractivity contribution in [3.63, 3.8) is 0 Å². The SMILES string of the molecule is C[C@@H]1Cc2ccccc2CN1C(=O)OC=O. The van der Waals surface area contributed by atoms with E-state index in [-0.39, 0.29) is 12.5 Å². The predicted molar refractivity (Wildman–Crippen MR) is 57.7 cm³/mol. The third-order valence-electron chi connectivity index (χ3n) is 2.89. The van der Waals surface area contributed by atoms with Gasteiger partial charge in [-0.2, -0.15) is 0 Å². The molecule has 1 aliphatic rings. The number of ether oxygens (including phenoxy) is 1. The largest absolute Gasteiger partial charge is 0.417 e. The molecule has 0 aromatic heterocycles. The minimum Gasteiger partial charge on any atom is -0.379 e. The molecular weight excluding hydrogens is 206 g/mol. The molecule has 1 aromatic carbocycles. The molecule has 0 aliphatic carbocycles. The van der Waals surface area contributed by atoms with Crippen molar-refractivity contribution in [3.8, 4) is 0 Å². The van der Waals surface area contributed by atoms with Gasteiger partial charge in [0, 0.05) is 12.6 Å². The van der Waals surface area contributed by atoms with Crippen LogP contribution in [0, 0.1) is 0 Å². The summed E-state index contributed by atoms with van der Waals surface area (Å²) in [5.74, 6) is 0. The van der Waals surface area contributed by atoms with Crippen LogP contribution in [0.25, 0.3) is 0 Å². The Morgan fingerprint density at radius 3 is 2.81 bits per heavy atom. The number of rotatable bonds is 1. The van der Waals surface area contributed by atoms with E-state index < -0.39 is 6.09 Å². The van der Waals surface area contributed by atoms with Gasteiger partial charge in [-0.15, -0.1) is 0 Å². The fourth-order valence-corrected chi connectivity index (χ4v) is 2.03. The van der Waals surface area contributed by atoms with Crippen LogP contribution >= 0.6 is 0 Å². The van der Waals surface area contributed by atoms with Gasteiger partial charge in [-0.25, -0.2) is 4.79 Å². The van der Waals surface area contributed by atoms with E-state index in [4.69, 9.17) is 0 Å². The highest BCUT2D eigenvalue weighted by Crippen LogP contribution is 2.23. The number of amides is 1. The van der Waals surface area contributed by atoms with Crippen molar-refractivity contribution < 1.29 is 14.3 Å². The van der Waals surface area contributed by atoms with Gasteiger partial charge in [0.1, 0.15) is 0 Å². The van der Waals surface area contributed by atoms with Gasteiger partial charge < -0.3 is 9.64 Å². The van der Waals surface area contributed by atoms with E-state index >= 15 is 0 Å². The molecular formula is C12H13NO3. The van der Waals surface area contributed by atoms with Crippen LogP contribution in [0.3, 0.4) is 0 Å². The first-order valence-electron chi connectivity index (χ1n) is 5.20. The molecule has 1 aromatic rings. The lowest BCUT2D eigenvalue weighted by Crippen LogP contribution is -2.42. The average molecular weight is 219 g/mol. The molecule has 4 nitrogen and oxygen atoms in total. The highest BCUT2D eigenvalue weighted by molar-refractivity contribution is 5.75. The second-order valence-electron chi connectivity index (χ2n) is 3.93.